The van der Waals surface area contributed by atoms with E-state index in [1.807, 2.05) is 0 Å². The van der Waals surface area contributed by atoms with Crippen LogP contribution in [-0.2, 0) is 19.1 Å². The summed E-state index contributed by atoms with van der Waals surface area (Å²) in [6, 6.07) is 2.34. The van der Waals surface area contributed by atoms with E-state index in [-0.39, 0.29) is 6.04 Å². The highest BCUT2D eigenvalue weighted by Crippen LogP contribution is 2.28. The Labute approximate surface area is 121 Å². The van der Waals surface area contributed by atoms with E-state index in [0.29, 0.717) is 12.6 Å². The van der Waals surface area contributed by atoms with E-state index in [1.54, 1.807) is 6.92 Å². The largest absolute Gasteiger partial charge is 0.261 e. The number of sulfonamides is 1. The van der Waals surface area contributed by atoms with Crippen LogP contribution in [0.3, 0.4) is 0 Å². The second-order valence-electron chi connectivity index (χ2n) is 4.64. The molecule has 1 fully saturated rings. The summed E-state index contributed by atoms with van der Waals surface area (Å²) in [5, 5.41) is 0. The maximum absolute atomic E-state index is 13.9. The molecule has 0 N–H and O–H groups in total. The van der Waals surface area contributed by atoms with Crippen LogP contribution in [0.5, 0.6) is 0 Å². The summed E-state index contributed by atoms with van der Waals surface area (Å²) in [5.41, 5.74) is 0. The van der Waals surface area contributed by atoms with E-state index in [2.05, 4.69) is 0 Å². The minimum Gasteiger partial charge on any atom is -0.207 e. The summed E-state index contributed by atoms with van der Waals surface area (Å²) in [6.45, 7) is 2.08. The van der Waals surface area contributed by atoms with E-state index in [1.165, 1.54) is 4.31 Å². The zero-order valence-corrected chi connectivity index (χ0v) is 13.0. The first-order chi connectivity index (χ1) is 9.14. The molecule has 1 heterocycles. The number of benzene rings is 1. The maximum atomic E-state index is 13.9. The Morgan fingerprint density at radius 3 is 2.40 bits per heavy atom. The highest BCUT2D eigenvalue weighted by molar-refractivity contribution is 8.13. The van der Waals surface area contributed by atoms with Crippen LogP contribution < -0.4 is 0 Å². The lowest BCUT2D eigenvalue weighted by molar-refractivity contribution is 0.404. The third kappa shape index (κ3) is 2.83. The fraction of sp³-hybridized carbons (Fsp3) is 0.455. The summed E-state index contributed by atoms with van der Waals surface area (Å²) in [6.07, 6.45) is 1.44. The topological polar surface area (TPSA) is 71.5 Å². The van der Waals surface area contributed by atoms with Gasteiger partial charge in [-0.3, -0.25) is 0 Å². The predicted octanol–water partition coefficient (Wildman–Crippen LogP) is 1.93. The third-order valence-electron chi connectivity index (χ3n) is 3.26. The lowest BCUT2D eigenvalue weighted by Gasteiger charge is -2.21. The van der Waals surface area contributed by atoms with Crippen molar-refractivity contribution >= 4 is 29.8 Å². The standard InChI is InChI=1S/C11H13ClFNO4S2/c1-8-3-2-6-14(8)20(17,18)11-5-4-9(7-10(11)13)19(12,15)16/h4-5,7-8H,2-3,6H2,1H3. The molecule has 9 heteroatoms. The molecule has 20 heavy (non-hydrogen) atoms. The molecule has 1 aliphatic heterocycles. The summed E-state index contributed by atoms with van der Waals surface area (Å²) in [5.74, 6) is -1.12. The van der Waals surface area contributed by atoms with E-state index < -0.39 is 34.7 Å². The van der Waals surface area contributed by atoms with Gasteiger partial charge in [0.25, 0.3) is 9.05 Å². The second kappa shape index (κ2) is 5.25. The summed E-state index contributed by atoms with van der Waals surface area (Å²) in [4.78, 5) is -1.000. The minimum absolute atomic E-state index is 0.198. The van der Waals surface area contributed by atoms with Gasteiger partial charge < -0.3 is 0 Å². The SMILES string of the molecule is CC1CCCN1S(=O)(=O)c1ccc(S(=O)(=O)Cl)cc1F. The van der Waals surface area contributed by atoms with Crippen LogP contribution in [0.4, 0.5) is 4.39 Å². The smallest absolute Gasteiger partial charge is 0.207 e. The van der Waals surface area contributed by atoms with Gasteiger partial charge in [-0.1, -0.05) is 0 Å². The molecule has 0 bridgehead atoms. The van der Waals surface area contributed by atoms with Crippen LogP contribution >= 0.6 is 10.7 Å². The molecule has 0 saturated carbocycles. The van der Waals surface area contributed by atoms with Crippen molar-refractivity contribution in [3.63, 3.8) is 0 Å². The van der Waals surface area contributed by atoms with Gasteiger partial charge in [-0.15, -0.1) is 0 Å². The molecule has 1 unspecified atom stereocenters. The first-order valence-electron chi connectivity index (χ1n) is 5.90. The first-order valence-corrected chi connectivity index (χ1v) is 9.65. The van der Waals surface area contributed by atoms with Crippen molar-refractivity contribution in [3.8, 4) is 0 Å². The van der Waals surface area contributed by atoms with Crippen LogP contribution in [0.2, 0.25) is 0 Å². The lowest BCUT2D eigenvalue weighted by Crippen LogP contribution is -2.34. The first kappa shape index (κ1) is 15.7. The predicted molar refractivity (Wildman–Crippen MR) is 72.0 cm³/mol. The van der Waals surface area contributed by atoms with Crippen LogP contribution in [0.1, 0.15) is 19.8 Å². The van der Waals surface area contributed by atoms with Gasteiger partial charge in [0.15, 0.2) is 0 Å². The molecular formula is C11H13ClFNO4S2. The zero-order chi connectivity index (χ0) is 15.1. The Bertz CT molecular complexity index is 733. The fourth-order valence-corrected chi connectivity index (χ4v) is 4.74. The molecule has 1 atom stereocenters. The van der Waals surface area contributed by atoms with Gasteiger partial charge in [0, 0.05) is 23.3 Å². The zero-order valence-electron chi connectivity index (χ0n) is 10.6. The van der Waals surface area contributed by atoms with Gasteiger partial charge in [-0.2, -0.15) is 4.31 Å². The van der Waals surface area contributed by atoms with Crippen molar-refractivity contribution in [1.82, 2.24) is 4.31 Å². The van der Waals surface area contributed by atoms with Crippen molar-refractivity contribution in [2.24, 2.45) is 0 Å². The molecule has 112 valence electrons. The Morgan fingerprint density at radius 1 is 1.30 bits per heavy atom. The molecule has 0 spiro atoms. The van der Waals surface area contributed by atoms with Gasteiger partial charge in [-0.05, 0) is 38.0 Å². The molecule has 0 aromatic heterocycles. The molecule has 1 aromatic rings. The Balaban J connectivity index is 2.48. The molecular weight excluding hydrogens is 329 g/mol. The van der Waals surface area contributed by atoms with Gasteiger partial charge >= 0.3 is 0 Å². The Hall–Kier alpha value is -0.700. The molecule has 0 amide bonds. The minimum atomic E-state index is -4.09. The van der Waals surface area contributed by atoms with E-state index in [4.69, 9.17) is 10.7 Å². The van der Waals surface area contributed by atoms with Gasteiger partial charge in [0.05, 0.1) is 4.90 Å². The average molecular weight is 342 g/mol. The van der Waals surface area contributed by atoms with Crippen LogP contribution in [0, 0.1) is 5.82 Å². The van der Waals surface area contributed by atoms with Crippen molar-refractivity contribution in [2.45, 2.75) is 35.6 Å². The van der Waals surface area contributed by atoms with Crippen molar-refractivity contribution in [3.05, 3.63) is 24.0 Å². The average Bonchev–Trinajstić information content (AvgIpc) is 2.74. The van der Waals surface area contributed by atoms with Crippen molar-refractivity contribution in [2.75, 3.05) is 6.54 Å². The van der Waals surface area contributed by atoms with Crippen LogP contribution in [0.15, 0.2) is 28.0 Å². The summed E-state index contributed by atoms with van der Waals surface area (Å²) in [7, 11) is -2.96. The molecule has 2 rings (SSSR count). The number of hydrogen-bond donors (Lipinski definition) is 0. The number of rotatable bonds is 3. The molecule has 1 aromatic carbocycles. The highest BCUT2D eigenvalue weighted by Gasteiger charge is 2.34. The number of hydrogen-bond acceptors (Lipinski definition) is 4. The van der Waals surface area contributed by atoms with Crippen molar-refractivity contribution < 1.29 is 21.2 Å². The number of nitrogens with zero attached hydrogens (tertiary/aromatic N) is 1. The monoisotopic (exact) mass is 341 g/mol. The van der Waals surface area contributed by atoms with Crippen LogP contribution in [0.25, 0.3) is 0 Å². The second-order valence-corrected chi connectivity index (χ2v) is 9.06. The fourth-order valence-electron chi connectivity index (χ4n) is 2.23. The Morgan fingerprint density at radius 2 is 1.95 bits per heavy atom. The van der Waals surface area contributed by atoms with E-state index >= 15 is 0 Å². The maximum Gasteiger partial charge on any atom is 0.261 e. The molecule has 0 aliphatic carbocycles. The molecule has 1 saturated heterocycles. The Kier molecular flexibility index (Phi) is 4.12. The lowest BCUT2D eigenvalue weighted by atomic mass is 10.3. The third-order valence-corrected chi connectivity index (χ3v) is 6.66. The normalized spacial score (nSPS) is 21.2. The van der Waals surface area contributed by atoms with Crippen molar-refractivity contribution in [1.29, 1.82) is 0 Å². The molecule has 1 aliphatic rings. The molecule has 0 radical (unpaired) electrons. The molecule has 5 nitrogen and oxygen atoms in total. The summed E-state index contributed by atoms with van der Waals surface area (Å²) >= 11 is 0. The highest BCUT2D eigenvalue weighted by atomic mass is 35.7. The van der Waals surface area contributed by atoms with Gasteiger partial charge in [-0.25, -0.2) is 21.2 Å². The summed E-state index contributed by atoms with van der Waals surface area (Å²) < 4.78 is 62.0. The van der Waals surface area contributed by atoms with E-state index in [0.717, 1.165) is 25.0 Å². The van der Waals surface area contributed by atoms with E-state index in [9.17, 15) is 21.2 Å². The quantitative estimate of drug-likeness (QED) is 0.787. The number of halogens is 2. The van der Waals surface area contributed by atoms with Gasteiger partial charge in [0.2, 0.25) is 10.0 Å². The van der Waals surface area contributed by atoms with Gasteiger partial charge in [0.1, 0.15) is 10.7 Å². The van der Waals surface area contributed by atoms with Crippen LogP contribution in [-0.4, -0.2) is 33.7 Å².